The van der Waals surface area contributed by atoms with Crippen molar-refractivity contribution in [2.75, 3.05) is 5.32 Å². The first-order chi connectivity index (χ1) is 13.0. The zero-order chi connectivity index (χ0) is 19.3. The topological polar surface area (TPSA) is 113 Å². The van der Waals surface area contributed by atoms with Crippen molar-refractivity contribution in [3.05, 3.63) is 59.9 Å². The molecule has 3 rings (SSSR count). The molecule has 2 heterocycles. The van der Waals surface area contributed by atoms with E-state index in [-0.39, 0.29) is 29.4 Å². The molecule has 27 heavy (non-hydrogen) atoms. The van der Waals surface area contributed by atoms with Crippen LogP contribution in [0.5, 0.6) is 5.75 Å². The second-order valence-electron chi connectivity index (χ2n) is 5.13. The van der Waals surface area contributed by atoms with E-state index in [1.165, 1.54) is 18.5 Å². The van der Waals surface area contributed by atoms with Crippen LogP contribution in [0.2, 0.25) is 0 Å². The van der Waals surface area contributed by atoms with Crippen molar-refractivity contribution in [3.8, 4) is 11.8 Å². The van der Waals surface area contributed by atoms with Gasteiger partial charge in [0.15, 0.2) is 0 Å². The molecule has 0 spiro atoms. The van der Waals surface area contributed by atoms with Gasteiger partial charge in [0.05, 0.1) is 17.5 Å². The number of ether oxygens (including phenoxy) is 1. The van der Waals surface area contributed by atoms with Gasteiger partial charge in [0.25, 0.3) is 0 Å². The number of hydrogen-bond donors (Lipinski definition) is 2. The van der Waals surface area contributed by atoms with E-state index < -0.39 is 11.7 Å². The average Bonchev–Trinajstić information content (AvgIpc) is 3.34. The minimum atomic E-state index is -4.54. The molecular formula is C16H11F3N6O2. The lowest BCUT2D eigenvalue weighted by Crippen LogP contribution is -2.07. The highest BCUT2D eigenvalue weighted by Crippen LogP contribution is 2.35. The lowest BCUT2D eigenvalue weighted by atomic mass is 10.1. The summed E-state index contributed by atoms with van der Waals surface area (Å²) >= 11 is 0. The molecule has 0 saturated heterocycles. The normalized spacial score (nSPS) is 11.9. The van der Waals surface area contributed by atoms with Gasteiger partial charge in [-0.2, -0.15) is 23.6 Å². The summed E-state index contributed by atoms with van der Waals surface area (Å²) in [7, 11) is 0. The fraction of sp³-hybridized carbons (Fsp3) is 0.125. The molecule has 0 aliphatic heterocycles. The largest absolute Gasteiger partial charge is 0.483 e. The van der Waals surface area contributed by atoms with Gasteiger partial charge in [-0.1, -0.05) is 0 Å². The highest BCUT2D eigenvalue weighted by molar-refractivity contribution is 5.75. The summed E-state index contributed by atoms with van der Waals surface area (Å²) in [5.41, 5.74) is -0.896. The third-order valence-electron chi connectivity index (χ3n) is 3.34. The molecule has 0 fully saturated rings. The minimum Gasteiger partial charge on any atom is -0.483 e. The number of alkyl halides is 3. The Morgan fingerprint density at radius 1 is 1.37 bits per heavy atom. The van der Waals surface area contributed by atoms with Crippen LogP contribution in [0.15, 0.2) is 47.2 Å². The number of tetrazole rings is 1. The van der Waals surface area contributed by atoms with E-state index in [9.17, 15) is 13.2 Å². The Labute approximate surface area is 150 Å². The molecule has 0 unspecified atom stereocenters. The van der Waals surface area contributed by atoms with Gasteiger partial charge in [-0.05, 0) is 35.5 Å². The number of aromatic amines is 1. The van der Waals surface area contributed by atoms with E-state index in [2.05, 4.69) is 25.9 Å². The molecule has 1 aromatic carbocycles. The number of nitrogens with one attached hydrogen (secondary N) is 2. The fourth-order valence-corrected chi connectivity index (χ4v) is 2.06. The minimum absolute atomic E-state index is 0.00460. The lowest BCUT2D eigenvalue weighted by Gasteiger charge is -2.14. The lowest BCUT2D eigenvalue weighted by molar-refractivity contribution is -0.137. The van der Waals surface area contributed by atoms with Crippen molar-refractivity contribution >= 4 is 11.3 Å². The van der Waals surface area contributed by atoms with Crippen LogP contribution in [0.4, 0.5) is 18.9 Å². The number of halogens is 3. The summed E-state index contributed by atoms with van der Waals surface area (Å²) < 4.78 is 49.7. The number of anilines is 1. The number of H-pyrrole nitrogens is 1. The molecule has 0 radical (unpaired) electrons. The van der Waals surface area contributed by atoms with Crippen LogP contribution in [-0.2, 0) is 12.8 Å². The van der Waals surface area contributed by atoms with Crippen molar-refractivity contribution in [1.29, 1.82) is 5.26 Å². The number of benzene rings is 1. The molecule has 0 amide bonds. The van der Waals surface area contributed by atoms with Crippen molar-refractivity contribution in [1.82, 2.24) is 20.6 Å². The van der Waals surface area contributed by atoms with Crippen molar-refractivity contribution in [3.63, 3.8) is 0 Å². The Kier molecular flexibility index (Phi) is 5.07. The molecule has 0 saturated carbocycles. The van der Waals surface area contributed by atoms with Gasteiger partial charge in [0.2, 0.25) is 5.82 Å². The average molecular weight is 376 g/mol. The maximum absolute atomic E-state index is 13.0. The quantitative estimate of drug-likeness (QED) is 0.634. The Morgan fingerprint density at radius 2 is 2.22 bits per heavy atom. The molecule has 2 N–H and O–H groups in total. The standard InChI is InChI=1S/C16H11F3N6O2/c17-16(18,19)11-3-4-14(27-9-12-2-1-5-26-12)13(6-11)21-8-10(7-20)15-22-24-25-23-15/h1-6,8,21H,9H2,(H,22,23,24,25). The Bertz CT molecular complexity index is 959. The number of allylic oxidation sites excluding steroid dienone is 1. The third-order valence-corrected chi connectivity index (χ3v) is 3.34. The third kappa shape index (κ3) is 4.43. The van der Waals surface area contributed by atoms with E-state index in [0.717, 1.165) is 12.1 Å². The van der Waals surface area contributed by atoms with E-state index in [4.69, 9.17) is 14.4 Å². The van der Waals surface area contributed by atoms with Crippen LogP contribution in [0.1, 0.15) is 17.1 Å². The second-order valence-corrected chi connectivity index (χ2v) is 5.13. The molecule has 2 aromatic heterocycles. The zero-order valence-corrected chi connectivity index (χ0v) is 13.5. The molecule has 0 aliphatic rings. The molecule has 138 valence electrons. The van der Waals surface area contributed by atoms with Gasteiger partial charge >= 0.3 is 6.18 Å². The predicted octanol–water partition coefficient (Wildman–Crippen LogP) is 3.37. The summed E-state index contributed by atoms with van der Waals surface area (Å²) in [6.07, 6.45) is -1.91. The first-order valence-corrected chi connectivity index (χ1v) is 7.44. The Morgan fingerprint density at radius 3 is 2.85 bits per heavy atom. The van der Waals surface area contributed by atoms with Gasteiger partial charge < -0.3 is 14.5 Å². The molecule has 11 heteroatoms. The van der Waals surface area contributed by atoms with Crippen molar-refractivity contribution in [2.24, 2.45) is 0 Å². The van der Waals surface area contributed by atoms with E-state index in [1.54, 1.807) is 12.1 Å². The number of rotatable bonds is 6. The van der Waals surface area contributed by atoms with Crippen molar-refractivity contribution < 1.29 is 22.3 Å². The van der Waals surface area contributed by atoms with Gasteiger partial charge in [0, 0.05) is 6.20 Å². The number of nitrogens with zero attached hydrogens (tertiary/aromatic N) is 4. The van der Waals surface area contributed by atoms with Crippen LogP contribution in [0, 0.1) is 11.3 Å². The summed E-state index contributed by atoms with van der Waals surface area (Å²) in [5, 5.41) is 24.6. The summed E-state index contributed by atoms with van der Waals surface area (Å²) in [6.45, 7) is 0.0205. The van der Waals surface area contributed by atoms with Gasteiger partial charge in [0.1, 0.15) is 29.8 Å². The second kappa shape index (κ2) is 7.61. The summed E-state index contributed by atoms with van der Waals surface area (Å²) in [4.78, 5) is 0. The van der Waals surface area contributed by atoms with Crippen LogP contribution in [0.25, 0.3) is 5.57 Å². The molecular weight excluding hydrogens is 365 g/mol. The Hall–Kier alpha value is -3.81. The molecule has 0 atom stereocenters. The summed E-state index contributed by atoms with van der Waals surface area (Å²) in [6, 6.07) is 8.12. The highest BCUT2D eigenvalue weighted by atomic mass is 19.4. The van der Waals surface area contributed by atoms with E-state index in [1.807, 2.05) is 6.07 Å². The van der Waals surface area contributed by atoms with Crippen LogP contribution >= 0.6 is 0 Å². The fourth-order valence-electron chi connectivity index (χ4n) is 2.06. The summed E-state index contributed by atoms with van der Waals surface area (Å²) in [5.74, 6) is 0.636. The maximum atomic E-state index is 13.0. The number of aromatic nitrogens is 4. The molecule has 0 bridgehead atoms. The SMILES string of the molecule is N#CC(=CNc1cc(C(F)(F)F)ccc1OCc1ccco1)c1nn[nH]n1. The monoisotopic (exact) mass is 376 g/mol. The van der Waals surface area contributed by atoms with Gasteiger partial charge in [-0.3, -0.25) is 0 Å². The van der Waals surface area contributed by atoms with Crippen molar-refractivity contribution in [2.45, 2.75) is 12.8 Å². The number of nitriles is 1. The van der Waals surface area contributed by atoms with Crippen LogP contribution in [-0.4, -0.2) is 20.6 Å². The predicted molar refractivity (Wildman–Crippen MR) is 85.9 cm³/mol. The number of hydrogen-bond acceptors (Lipinski definition) is 7. The highest BCUT2D eigenvalue weighted by Gasteiger charge is 2.31. The molecule has 3 aromatic rings. The first kappa shape index (κ1) is 18.0. The maximum Gasteiger partial charge on any atom is 0.416 e. The first-order valence-electron chi connectivity index (χ1n) is 7.44. The Balaban J connectivity index is 1.88. The molecule has 8 nitrogen and oxygen atoms in total. The van der Waals surface area contributed by atoms with Gasteiger partial charge in [-0.25, -0.2) is 0 Å². The van der Waals surface area contributed by atoms with Gasteiger partial charge in [-0.15, -0.1) is 10.2 Å². The van der Waals surface area contributed by atoms with Crippen LogP contribution in [0.3, 0.4) is 0 Å². The molecule has 0 aliphatic carbocycles. The smallest absolute Gasteiger partial charge is 0.416 e. The van der Waals surface area contributed by atoms with E-state index in [0.29, 0.717) is 5.76 Å². The number of furan rings is 1. The van der Waals surface area contributed by atoms with E-state index >= 15 is 0 Å². The zero-order valence-electron chi connectivity index (χ0n) is 13.5. The van der Waals surface area contributed by atoms with Crippen LogP contribution < -0.4 is 10.1 Å².